The lowest BCUT2D eigenvalue weighted by Gasteiger charge is -2.43. The maximum Gasteiger partial charge on any atom is 0.133 e. The monoisotopic (exact) mass is 295 g/mol. The fourth-order valence-electron chi connectivity index (χ4n) is 2.70. The summed E-state index contributed by atoms with van der Waals surface area (Å²) in [6.07, 6.45) is 3.27. The van der Waals surface area contributed by atoms with Crippen LogP contribution in [0.25, 0.3) is 0 Å². The Kier molecular flexibility index (Phi) is 3.69. The van der Waals surface area contributed by atoms with E-state index in [4.69, 9.17) is 0 Å². The van der Waals surface area contributed by atoms with Gasteiger partial charge in [0, 0.05) is 22.9 Å². The van der Waals surface area contributed by atoms with Crippen LogP contribution in [0.3, 0.4) is 0 Å². The van der Waals surface area contributed by atoms with Gasteiger partial charge in [0.25, 0.3) is 0 Å². The fraction of sp³-hybridized carbons (Fsp3) is 0.500. The minimum absolute atomic E-state index is 0.0363. The van der Waals surface area contributed by atoms with Crippen molar-refractivity contribution in [3.8, 4) is 0 Å². The van der Waals surface area contributed by atoms with Gasteiger partial charge >= 0.3 is 0 Å². The second-order valence-electron chi connectivity index (χ2n) is 4.97. The lowest BCUT2D eigenvalue weighted by atomic mass is 9.75. The van der Waals surface area contributed by atoms with Crippen LogP contribution >= 0.6 is 15.9 Å². The van der Waals surface area contributed by atoms with Crippen LogP contribution in [-0.2, 0) is 10.3 Å². The Morgan fingerprint density at radius 3 is 2.12 bits per heavy atom. The molecule has 0 aromatic heterocycles. The smallest absolute Gasteiger partial charge is 0.133 e. The average Bonchev–Trinajstić information content (AvgIpc) is 2.31. The molecule has 17 heavy (non-hydrogen) atoms. The van der Waals surface area contributed by atoms with Gasteiger partial charge in [-0.05, 0) is 44.6 Å². The first kappa shape index (κ1) is 12.8. The van der Waals surface area contributed by atoms with Crippen molar-refractivity contribution in [3.63, 3.8) is 0 Å². The standard InChI is InChI=1S/C14H18BrNO/c1-16(2)14(9-7-13(17)8-10-14)11-3-5-12(15)6-4-11/h3-6H,7-10H2,1-2H3. The summed E-state index contributed by atoms with van der Waals surface area (Å²) >= 11 is 3.47. The zero-order valence-corrected chi connectivity index (χ0v) is 12.0. The molecule has 0 bridgehead atoms. The quantitative estimate of drug-likeness (QED) is 0.834. The first-order chi connectivity index (χ1) is 8.04. The SMILES string of the molecule is CN(C)C1(c2ccc(Br)cc2)CCC(=O)CC1. The average molecular weight is 296 g/mol. The molecule has 0 spiro atoms. The van der Waals surface area contributed by atoms with Gasteiger partial charge in [0.2, 0.25) is 0 Å². The first-order valence-electron chi connectivity index (χ1n) is 6.00. The number of carbonyl (C=O) groups excluding carboxylic acids is 1. The van der Waals surface area contributed by atoms with Gasteiger partial charge in [-0.3, -0.25) is 9.69 Å². The zero-order valence-electron chi connectivity index (χ0n) is 10.4. The molecule has 0 aliphatic heterocycles. The number of benzene rings is 1. The van der Waals surface area contributed by atoms with Gasteiger partial charge in [-0.25, -0.2) is 0 Å². The molecule has 0 atom stereocenters. The van der Waals surface area contributed by atoms with E-state index in [1.807, 2.05) is 0 Å². The molecular weight excluding hydrogens is 278 g/mol. The van der Waals surface area contributed by atoms with Gasteiger partial charge in [0.1, 0.15) is 5.78 Å². The molecule has 0 heterocycles. The summed E-state index contributed by atoms with van der Waals surface area (Å²) in [5.41, 5.74) is 1.35. The lowest BCUT2D eigenvalue weighted by Crippen LogP contribution is -2.44. The van der Waals surface area contributed by atoms with Crippen molar-refractivity contribution in [1.29, 1.82) is 0 Å². The number of halogens is 1. The van der Waals surface area contributed by atoms with E-state index in [9.17, 15) is 4.79 Å². The molecule has 1 saturated carbocycles. The highest BCUT2D eigenvalue weighted by atomic mass is 79.9. The largest absolute Gasteiger partial charge is 0.300 e. The molecular formula is C14H18BrNO. The van der Waals surface area contributed by atoms with E-state index >= 15 is 0 Å². The third-order valence-electron chi connectivity index (χ3n) is 3.87. The molecule has 0 radical (unpaired) electrons. The molecule has 1 aliphatic rings. The highest BCUT2D eigenvalue weighted by Gasteiger charge is 2.38. The van der Waals surface area contributed by atoms with Gasteiger partial charge in [0.05, 0.1) is 0 Å². The van der Waals surface area contributed by atoms with E-state index in [0.717, 1.165) is 17.3 Å². The number of hydrogen-bond acceptors (Lipinski definition) is 2. The van der Waals surface area contributed by atoms with E-state index in [1.165, 1.54) is 5.56 Å². The molecule has 1 fully saturated rings. The molecule has 2 nitrogen and oxygen atoms in total. The van der Waals surface area contributed by atoms with Crippen molar-refractivity contribution < 1.29 is 4.79 Å². The molecule has 0 N–H and O–H groups in total. The Morgan fingerprint density at radius 2 is 1.65 bits per heavy atom. The highest BCUT2D eigenvalue weighted by molar-refractivity contribution is 9.10. The van der Waals surface area contributed by atoms with E-state index in [2.05, 4.69) is 59.2 Å². The fourth-order valence-corrected chi connectivity index (χ4v) is 2.96. The second-order valence-corrected chi connectivity index (χ2v) is 5.89. The summed E-state index contributed by atoms with van der Waals surface area (Å²) in [5.74, 6) is 0.402. The minimum atomic E-state index is 0.0363. The highest BCUT2D eigenvalue weighted by Crippen LogP contribution is 2.40. The Balaban J connectivity index is 2.34. The third-order valence-corrected chi connectivity index (χ3v) is 4.40. The maximum atomic E-state index is 11.4. The Bertz CT molecular complexity index is 401. The molecule has 3 heteroatoms. The molecule has 1 aliphatic carbocycles. The summed E-state index contributed by atoms with van der Waals surface area (Å²) < 4.78 is 1.10. The maximum absolute atomic E-state index is 11.4. The number of carbonyl (C=O) groups is 1. The van der Waals surface area contributed by atoms with Crippen LogP contribution < -0.4 is 0 Å². The van der Waals surface area contributed by atoms with Crippen LogP contribution in [0.5, 0.6) is 0 Å². The summed E-state index contributed by atoms with van der Waals surface area (Å²) in [6, 6.07) is 8.49. The normalized spacial score (nSPS) is 19.6. The summed E-state index contributed by atoms with van der Waals surface area (Å²) in [7, 11) is 4.22. The van der Waals surface area contributed by atoms with Crippen LogP contribution in [0, 0.1) is 0 Å². The lowest BCUT2D eigenvalue weighted by molar-refractivity contribution is -0.122. The van der Waals surface area contributed by atoms with Crippen molar-refractivity contribution in [2.75, 3.05) is 14.1 Å². The van der Waals surface area contributed by atoms with E-state index in [-0.39, 0.29) is 5.54 Å². The van der Waals surface area contributed by atoms with E-state index in [1.54, 1.807) is 0 Å². The molecule has 1 aromatic rings. The zero-order chi connectivity index (χ0) is 12.5. The van der Waals surface area contributed by atoms with Gasteiger partial charge in [0.15, 0.2) is 0 Å². The Hall–Kier alpha value is -0.670. The molecule has 1 aromatic carbocycles. The molecule has 2 rings (SSSR count). The molecule has 0 amide bonds. The number of Topliss-reactive ketones (excluding diaryl/α,β-unsaturated/α-hetero) is 1. The van der Waals surface area contributed by atoms with Crippen molar-refractivity contribution in [3.05, 3.63) is 34.3 Å². The van der Waals surface area contributed by atoms with Gasteiger partial charge in [-0.15, -0.1) is 0 Å². The summed E-state index contributed by atoms with van der Waals surface area (Å²) in [5, 5.41) is 0. The molecule has 92 valence electrons. The Labute approximate surface area is 111 Å². The van der Waals surface area contributed by atoms with Crippen molar-refractivity contribution in [2.45, 2.75) is 31.2 Å². The summed E-state index contributed by atoms with van der Waals surface area (Å²) in [4.78, 5) is 13.7. The van der Waals surface area contributed by atoms with Crippen molar-refractivity contribution in [1.82, 2.24) is 4.90 Å². The number of ketones is 1. The minimum Gasteiger partial charge on any atom is -0.300 e. The van der Waals surface area contributed by atoms with Gasteiger partial charge < -0.3 is 0 Å². The second kappa shape index (κ2) is 4.91. The molecule has 0 unspecified atom stereocenters. The van der Waals surface area contributed by atoms with E-state index in [0.29, 0.717) is 18.6 Å². The van der Waals surface area contributed by atoms with E-state index < -0.39 is 0 Å². The number of nitrogens with zero attached hydrogens (tertiary/aromatic N) is 1. The Morgan fingerprint density at radius 1 is 1.12 bits per heavy atom. The first-order valence-corrected chi connectivity index (χ1v) is 6.79. The third kappa shape index (κ3) is 2.45. The predicted octanol–water partition coefficient (Wildman–Crippen LogP) is 3.35. The van der Waals surface area contributed by atoms with Crippen LogP contribution in [0.1, 0.15) is 31.2 Å². The topological polar surface area (TPSA) is 20.3 Å². The van der Waals surface area contributed by atoms with Crippen molar-refractivity contribution in [2.24, 2.45) is 0 Å². The number of rotatable bonds is 2. The van der Waals surface area contributed by atoms with Gasteiger partial charge in [-0.2, -0.15) is 0 Å². The van der Waals surface area contributed by atoms with Crippen LogP contribution in [0.2, 0.25) is 0 Å². The van der Waals surface area contributed by atoms with Crippen LogP contribution in [0.15, 0.2) is 28.7 Å². The van der Waals surface area contributed by atoms with Gasteiger partial charge in [-0.1, -0.05) is 28.1 Å². The van der Waals surface area contributed by atoms with Crippen LogP contribution in [-0.4, -0.2) is 24.8 Å². The number of hydrogen-bond donors (Lipinski definition) is 0. The van der Waals surface area contributed by atoms with Crippen LogP contribution in [0.4, 0.5) is 0 Å². The predicted molar refractivity (Wildman–Crippen MR) is 73.0 cm³/mol. The molecule has 0 saturated heterocycles. The van der Waals surface area contributed by atoms with Crippen molar-refractivity contribution >= 4 is 21.7 Å². The summed E-state index contributed by atoms with van der Waals surface area (Å²) in [6.45, 7) is 0.